The lowest BCUT2D eigenvalue weighted by molar-refractivity contribution is -0.115. The molecular weight excluding hydrogens is 336 g/mol. The second-order valence-electron chi connectivity index (χ2n) is 5.09. The maximum Gasteiger partial charge on any atom is 0.241 e. The van der Waals surface area contributed by atoms with Crippen molar-refractivity contribution in [1.82, 2.24) is 4.72 Å². The molecule has 2 N–H and O–H groups in total. The Bertz CT molecular complexity index is 797. The zero-order valence-electron chi connectivity index (χ0n) is 12.8. The monoisotopic (exact) mass is 352 g/mol. The average Bonchev–Trinajstić information content (AvgIpc) is 2.50. The van der Waals surface area contributed by atoms with Gasteiger partial charge in [0.05, 0.1) is 11.4 Å². The minimum absolute atomic E-state index is 0.0572. The molecule has 2 aromatic rings. The number of para-hydroxylation sites is 1. The van der Waals surface area contributed by atoms with E-state index in [1.807, 2.05) is 32.0 Å². The van der Waals surface area contributed by atoms with E-state index in [9.17, 15) is 13.2 Å². The highest BCUT2D eigenvalue weighted by Crippen LogP contribution is 2.19. The maximum atomic E-state index is 12.1. The Hall–Kier alpha value is -1.89. The summed E-state index contributed by atoms with van der Waals surface area (Å²) < 4.78 is 26.5. The van der Waals surface area contributed by atoms with Gasteiger partial charge in [-0.15, -0.1) is 0 Å². The lowest BCUT2D eigenvalue weighted by atomic mass is 10.1. The number of nitrogens with one attached hydrogen (secondary N) is 2. The van der Waals surface area contributed by atoms with Crippen molar-refractivity contribution in [3.05, 3.63) is 58.6 Å². The Kier molecular flexibility index (Phi) is 5.41. The van der Waals surface area contributed by atoms with Gasteiger partial charge in [-0.3, -0.25) is 4.79 Å². The van der Waals surface area contributed by atoms with Gasteiger partial charge in [0, 0.05) is 10.7 Å². The van der Waals surface area contributed by atoms with Crippen molar-refractivity contribution in [3.63, 3.8) is 0 Å². The molecule has 7 heteroatoms. The molecule has 0 spiro atoms. The van der Waals surface area contributed by atoms with Crippen LogP contribution in [-0.4, -0.2) is 20.9 Å². The van der Waals surface area contributed by atoms with E-state index in [1.165, 1.54) is 24.3 Å². The highest BCUT2D eigenvalue weighted by atomic mass is 35.5. The topological polar surface area (TPSA) is 75.3 Å². The first kappa shape index (κ1) is 17.5. The zero-order chi connectivity index (χ0) is 17.0. The van der Waals surface area contributed by atoms with Gasteiger partial charge in [0.1, 0.15) is 0 Å². The molecule has 0 unspecified atom stereocenters. The summed E-state index contributed by atoms with van der Waals surface area (Å²) in [7, 11) is -3.75. The highest BCUT2D eigenvalue weighted by Gasteiger charge is 2.16. The number of amides is 1. The van der Waals surface area contributed by atoms with Gasteiger partial charge in [0.2, 0.25) is 15.9 Å². The second kappa shape index (κ2) is 7.12. The quantitative estimate of drug-likeness (QED) is 0.868. The number of hydrogen-bond acceptors (Lipinski definition) is 3. The first-order valence-corrected chi connectivity index (χ1v) is 8.77. The summed E-state index contributed by atoms with van der Waals surface area (Å²) in [6.07, 6.45) is 0. The number of sulfonamides is 1. The summed E-state index contributed by atoms with van der Waals surface area (Å²) in [6.45, 7) is 3.40. The first-order chi connectivity index (χ1) is 10.8. The van der Waals surface area contributed by atoms with Crippen molar-refractivity contribution in [1.29, 1.82) is 0 Å². The smallest absolute Gasteiger partial charge is 0.241 e. The SMILES string of the molecule is Cc1cccc(C)c1NC(=O)CNS(=O)(=O)c1ccc(Cl)cc1. The minimum atomic E-state index is -3.75. The predicted molar refractivity (Wildman–Crippen MR) is 91.2 cm³/mol. The van der Waals surface area contributed by atoms with Crippen molar-refractivity contribution < 1.29 is 13.2 Å². The number of anilines is 1. The van der Waals surface area contributed by atoms with E-state index in [0.717, 1.165) is 11.1 Å². The molecule has 2 rings (SSSR count). The summed E-state index contributed by atoms with van der Waals surface area (Å²) in [6, 6.07) is 11.4. The maximum absolute atomic E-state index is 12.1. The summed E-state index contributed by atoms with van der Waals surface area (Å²) in [5.74, 6) is -0.431. The summed E-state index contributed by atoms with van der Waals surface area (Å²) in [5, 5.41) is 3.17. The molecule has 122 valence electrons. The lowest BCUT2D eigenvalue weighted by Gasteiger charge is -2.12. The molecule has 1 amide bonds. The van der Waals surface area contributed by atoms with Crippen LogP contribution in [0.3, 0.4) is 0 Å². The fourth-order valence-electron chi connectivity index (χ4n) is 2.05. The number of rotatable bonds is 5. The Morgan fingerprint density at radius 2 is 1.61 bits per heavy atom. The van der Waals surface area contributed by atoms with Crippen LogP contribution in [0.15, 0.2) is 47.4 Å². The van der Waals surface area contributed by atoms with Gasteiger partial charge in [-0.2, -0.15) is 0 Å². The van der Waals surface area contributed by atoms with Crippen molar-refractivity contribution in [2.45, 2.75) is 18.7 Å². The summed E-state index contributed by atoms with van der Waals surface area (Å²) in [4.78, 5) is 12.0. The first-order valence-electron chi connectivity index (χ1n) is 6.91. The molecular formula is C16H17ClN2O3S. The van der Waals surface area contributed by atoms with Gasteiger partial charge in [-0.05, 0) is 49.2 Å². The van der Waals surface area contributed by atoms with Gasteiger partial charge >= 0.3 is 0 Å². The van der Waals surface area contributed by atoms with Gasteiger partial charge in [0.15, 0.2) is 0 Å². The fourth-order valence-corrected chi connectivity index (χ4v) is 3.16. The molecule has 0 bridgehead atoms. The minimum Gasteiger partial charge on any atom is -0.324 e. The third kappa shape index (κ3) is 4.54. The van der Waals surface area contributed by atoms with Crippen LogP contribution in [0.4, 0.5) is 5.69 Å². The van der Waals surface area contributed by atoms with E-state index >= 15 is 0 Å². The number of aryl methyl sites for hydroxylation is 2. The van der Waals surface area contributed by atoms with E-state index in [1.54, 1.807) is 0 Å². The Labute approximate surface area is 140 Å². The number of halogens is 1. The molecule has 0 aliphatic heterocycles. The molecule has 23 heavy (non-hydrogen) atoms. The second-order valence-corrected chi connectivity index (χ2v) is 7.30. The third-order valence-corrected chi connectivity index (χ3v) is 4.96. The molecule has 0 heterocycles. The standard InChI is InChI=1S/C16H17ClN2O3S/c1-11-4-3-5-12(2)16(11)19-15(20)10-18-23(21,22)14-8-6-13(17)7-9-14/h3-9,18H,10H2,1-2H3,(H,19,20). The van der Waals surface area contributed by atoms with Crippen LogP contribution < -0.4 is 10.0 Å². The van der Waals surface area contributed by atoms with Crippen molar-refractivity contribution in [3.8, 4) is 0 Å². The van der Waals surface area contributed by atoms with Crippen LogP contribution in [-0.2, 0) is 14.8 Å². The van der Waals surface area contributed by atoms with E-state index in [4.69, 9.17) is 11.6 Å². The molecule has 0 radical (unpaired) electrons. The zero-order valence-corrected chi connectivity index (χ0v) is 14.3. The highest BCUT2D eigenvalue weighted by molar-refractivity contribution is 7.89. The Morgan fingerprint density at radius 1 is 1.04 bits per heavy atom. The molecule has 0 aliphatic rings. The Balaban J connectivity index is 2.03. The van der Waals surface area contributed by atoms with E-state index in [2.05, 4.69) is 10.0 Å². The van der Waals surface area contributed by atoms with E-state index in [-0.39, 0.29) is 11.4 Å². The molecule has 0 saturated carbocycles. The average molecular weight is 353 g/mol. The van der Waals surface area contributed by atoms with Gasteiger partial charge in [-0.1, -0.05) is 29.8 Å². The van der Waals surface area contributed by atoms with Gasteiger partial charge < -0.3 is 5.32 Å². The summed E-state index contributed by atoms with van der Waals surface area (Å²) in [5.41, 5.74) is 2.53. The third-order valence-electron chi connectivity index (χ3n) is 3.29. The van der Waals surface area contributed by atoms with Crippen LogP contribution >= 0.6 is 11.6 Å². The lowest BCUT2D eigenvalue weighted by Crippen LogP contribution is -2.33. The number of benzene rings is 2. The van der Waals surface area contributed by atoms with Gasteiger partial charge in [-0.25, -0.2) is 13.1 Å². The van der Waals surface area contributed by atoms with Crippen LogP contribution in [0.5, 0.6) is 0 Å². The number of hydrogen-bond donors (Lipinski definition) is 2. The van der Waals surface area contributed by atoms with Crippen LogP contribution in [0.25, 0.3) is 0 Å². The molecule has 5 nitrogen and oxygen atoms in total. The van der Waals surface area contributed by atoms with Crippen molar-refractivity contribution >= 4 is 33.2 Å². The molecule has 0 saturated heterocycles. The Morgan fingerprint density at radius 3 is 2.17 bits per heavy atom. The van der Waals surface area contributed by atoms with Crippen molar-refractivity contribution in [2.75, 3.05) is 11.9 Å². The van der Waals surface area contributed by atoms with Crippen LogP contribution in [0.2, 0.25) is 5.02 Å². The predicted octanol–water partition coefficient (Wildman–Crippen LogP) is 2.87. The van der Waals surface area contributed by atoms with Crippen LogP contribution in [0.1, 0.15) is 11.1 Å². The molecule has 0 fully saturated rings. The normalized spacial score (nSPS) is 11.3. The molecule has 2 aromatic carbocycles. The fraction of sp³-hybridized carbons (Fsp3) is 0.188. The van der Waals surface area contributed by atoms with Crippen LogP contribution in [0, 0.1) is 13.8 Å². The van der Waals surface area contributed by atoms with E-state index in [0.29, 0.717) is 10.7 Å². The van der Waals surface area contributed by atoms with Crippen molar-refractivity contribution in [2.24, 2.45) is 0 Å². The van der Waals surface area contributed by atoms with Gasteiger partial charge in [0.25, 0.3) is 0 Å². The van der Waals surface area contributed by atoms with E-state index < -0.39 is 15.9 Å². The number of carbonyl (C=O) groups is 1. The molecule has 0 aliphatic carbocycles. The largest absolute Gasteiger partial charge is 0.324 e. The number of carbonyl (C=O) groups excluding carboxylic acids is 1. The molecule has 0 atom stereocenters. The molecule has 0 aromatic heterocycles. The summed E-state index contributed by atoms with van der Waals surface area (Å²) >= 11 is 5.73.